The summed E-state index contributed by atoms with van der Waals surface area (Å²) in [5.41, 5.74) is -1.88. The summed E-state index contributed by atoms with van der Waals surface area (Å²) in [5, 5.41) is -5.67. The maximum Gasteiger partial charge on any atom is 0.431 e. The fraction of sp³-hybridized carbons (Fsp3) is 0.950. The first-order valence-electron chi connectivity index (χ1n) is 10.5. The van der Waals surface area contributed by atoms with E-state index in [9.17, 15) is 30.8 Å². The van der Waals surface area contributed by atoms with E-state index in [1.807, 2.05) is 20.8 Å². The summed E-state index contributed by atoms with van der Waals surface area (Å²) < 4.78 is 95.1. The van der Waals surface area contributed by atoms with E-state index < -0.39 is 56.9 Å². The molecule has 11 heteroatoms. The van der Waals surface area contributed by atoms with Crippen molar-refractivity contribution in [3.63, 3.8) is 0 Å². The van der Waals surface area contributed by atoms with Gasteiger partial charge in [0.25, 0.3) is 0 Å². The second-order valence-corrected chi connectivity index (χ2v) is 11.9. The van der Waals surface area contributed by atoms with E-state index in [-0.39, 0.29) is 5.92 Å². The fourth-order valence-corrected chi connectivity index (χ4v) is 6.33. The molecule has 0 spiro atoms. The maximum absolute atomic E-state index is 13.7. The predicted molar refractivity (Wildman–Crippen MR) is 102 cm³/mol. The van der Waals surface area contributed by atoms with E-state index in [4.69, 9.17) is 14.0 Å². The Morgan fingerprint density at radius 1 is 1.06 bits per heavy atom. The maximum atomic E-state index is 13.7. The highest BCUT2D eigenvalue weighted by atomic mass is 32.2. The summed E-state index contributed by atoms with van der Waals surface area (Å²) in [5.74, 6) is -5.10. The van der Waals surface area contributed by atoms with Crippen LogP contribution in [0.4, 0.5) is 17.6 Å². The lowest BCUT2D eigenvalue weighted by Gasteiger charge is -2.59. The van der Waals surface area contributed by atoms with Crippen molar-refractivity contribution >= 4 is 16.1 Å². The van der Waals surface area contributed by atoms with Crippen LogP contribution in [0, 0.1) is 17.3 Å². The number of alkyl halides is 4. The van der Waals surface area contributed by atoms with Gasteiger partial charge in [-0.15, -0.1) is 0 Å². The standard InChI is InChI=1S/C20H30F4O6S/c1-16(2,3)30-18-7-5-13-4-6-17(12-18,10-14(13)11-18)15(25)29-9-8-19(21,22)20(23,24)31(26,27)28/h13-14H,4-12H2,1-3H3,(H,26,27,28). The lowest BCUT2D eigenvalue weighted by atomic mass is 9.50. The predicted octanol–water partition coefficient (Wildman–Crippen LogP) is 4.58. The quantitative estimate of drug-likeness (QED) is 0.330. The van der Waals surface area contributed by atoms with Gasteiger partial charge in [-0.2, -0.15) is 26.0 Å². The first kappa shape index (κ1) is 24.7. The van der Waals surface area contributed by atoms with Crippen LogP contribution in [0.2, 0.25) is 0 Å². The van der Waals surface area contributed by atoms with Gasteiger partial charge in [-0.1, -0.05) is 0 Å². The van der Waals surface area contributed by atoms with Crippen molar-refractivity contribution in [2.45, 2.75) is 94.5 Å². The molecule has 3 saturated carbocycles. The van der Waals surface area contributed by atoms with Crippen molar-refractivity contribution in [1.82, 2.24) is 0 Å². The van der Waals surface area contributed by atoms with E-state index in [0.29, 0.717) is 25.2 Å². The Labute approximate surface area is 179 Å². The molecule has 0 saturated heterocycles. The molecule has 0 amide bonds. The average molecular weight is 475 g/mol. The molecule has 180 valence electrons. The minimum Gasteiger partial charge on any atom is -0.465 e. The molecule has 1 N–H and O–H groups in total. The molecule has 3 bridgehead atoms. The van der Waals surface area contributed by atoms with Crippen LogP contribution in [0.25, 0.3) is 0 Å². The largest absolute Gasteiger partial charge is 0.465 e. The topological polar surface area (TPSA) is 89.9 Å². The van der Waals surface area contributed by atoms with Gasteiger partial charge >= 0.3 is 27.3 Å². The third kappa shape index (κ3) is 4.59. The van der Waals surface area contributed by atoms with Crippen molar-refractivity contribution in [2.75, 3.05) is 6.61 Å². The molecule has 0 aromatic heterocycles. The zero-order chi connectivity index (χ0) is 23.5. The van der Waals surface area contributed by atoms with Gasteiger partial charge in [-0.25, -0.2) is 0 Å². The number of esters is 1. The zero-order valence-corrected chi connectivity index (χ0v) is 18.7. The lowest BCUT2D eigenvalue weighted by molar-refractivity contribution is -0.226. The summed E-state index contributed by atoms with van der Waals surface area (Å²) >= 11 is 0. The number of hydrogen-bond acceptors (Lipinski definition) is 5. The monoisotopic (exact) mass is 474 g/mol. The highest BCUT2D eigenvalue weighted by Crippen LogP contribution is 2.61. The molecule has 4 atom stereocenters. The van der Waals surface area contributed by atoms with Gasteiger partial charge in [0.1, 0.15) is 0 Å². The normalized spacial score (nSPS) is 33.9. The van der Waals surface area contributed by atoms with Crippen molar-refractivity contribution in [3.8, 4) is 0 Å². The molecule has 3 fully saturated rings. The number of ether oxygens (including phenoxy) is 2. The van der Waals surface area contributed by atoms with Crippen molar-refractivity contribution in [1.29, 1.82) is 0 Å². The number of carbonyl (C=O) groups is 1. The van der Waals surface area contributed by atoms with Crippen molar-refractivity contribution in [2.24, 2.45) is 17.3 Å². The van der Waals surface area contributed by atoms with Crippen LogP contribution in [0.15, 0.2) is 0 Å². The Bertz CT molecular complexity index is 824. The van der Waals surface area contributed by atoms with Gasteiger partial charge in [0.05, 0.1) is 29.6 Å². The van der Waals surface area contributed by atoms with Gasteiger partial charge < -0.3 is 9.47 Å². The van der Waals surface area contributed by atoms with Crippen molar-refractivity contribution < 1.29 is 44.8 Å². The minimum absolute atomic E-state index is 0.247. The Hall–Kier alpha value is -0.940. The number of halogens is 4. The number of fused-ring (bicyclic) bond motifs is 2. The summed E-state index contributed by atoms with van der Waals surface area (Å²) in [7, 11) is -6.32. The van der Waals surface area contributed by atoms with Gasteiger partial charge in [0.15, 0.2) is 0 Å². The second kappa shape index (κ2) is 7.55. The summed E-state index contributed by atoms with van der Waals surface area (Å²) in [4.78, 5) is 13.0. The second-order valence-electron chi connectivity index (χ2n) is 10.4. The van der Waals surface area contributed by atoms with Gasteiger partial charge in [-0.3, -0.25) is 9.35 Å². The zero-order valence-electron chi connectivity index (χ0n) is 17.9. The molecule has 6 nitrogen and oxygen atoms in total. The van der Waals surface area contributed by atoms with E-state index in [0.717, 1.165) is 25.7 Å². The molecule has 0 aliphatic heterocycles. The molecule has 3 aliphatic rings. The van der Waals surface area contributed by atoms with E-state index in [2.05, 4.69) is 0 Å². The van der Waals surface area contributed by atoms with Crippen molar-refractivity contribution in [3.05, 3.63) is 0 Å². The Morgan fingerprint density at radius 2 is 1.68 bits per heavy atom. The van der Waals surface area contributed by atoms with Crippen LogP contribution in [-0.4, -0.2) is 47.9 Å². The molecule has 3 aliphatic carbocycles. The Kier molecular flexibility index (Phi) is 6.01. The van der Waals surface area contributed by atoms with Crippen LogP contribution in [0.5, 0.6) is 0 Å². The van der Waals surface area contributed by atoms with Crippen LogP contribution in [0.1, 0.15) is 72.1 Å². The first-order valence-corrected chi connectivity index (χ1v) is 12.0. The summed E-state index contributed by atoms with van der Waals surface area (Å²) in [6.45, 7) is 4.71. The molecule has 0 heterocycles. The van der Waals surface area contributed by atoms with Crippen LogP contribution >= 0.6 is 0 Å². The van der Waals surface area contributed by atoms with Crippen LogP contribution < -0.4 is 0 Å². The molecule has 0 radical (unpaired) electrons. The summed E-state index contributed by atoms with van der Waals surface area (Å²) in [6, 6.07) is 0. The van der Waals surface area contributed by atoms with Crippen LogP contribution in [0.3, 0.4) is 0 Å². The molecular weight excluding hydrogens is 444 g/mol. The SMILES string of the molecule is CC(C)(C)OC12CCC3CCC(C(=O)OCCC(F)(F)C(F)(F)S(=O)(=O)O)(CC3C1)C2. The smallest absolute Gasteiger partial charge is 0.431 e. The molecule has 0 aromatic carbocycles. The number of hydrogen-bond donors (Lipinski definition) is 1. The fourth-order valence-electron chi connectivity index (χ4n) is 5.85. The molecular formula is C20H30F4O6S. The third-order valence-electron chi connectivity index (χ3n) is 6.93. The number of rotatable bonds is 7. The number of carbonyl (C=O) groups excluding carboxylic acids is 1. The van der Waals surface area contributed by atoms with Gasteiger partial charge in [-0.05, 0) is 77.6 Å². The minimum atomic E-state index is -6.32. The average Bonchev–Trinajstić information content (AvgIpc) is 2.57. The molecule has 31 heavy (non-hydrogen) atoms. The van der Waals surface area contributed by atoms with E-state index in [1.165, 1.54) is 0 Å². The highest BCUT2D eigenvalue weighted by Gasteiger charge is 2.65. The molecule has 3 rings (SSSR count). The molecule has 0 aromatic rings. The van der Waals surface area contributed by atoms with Gasteiger partial charge in [0.2, 0.25) is 0 Å². The first-order chi connectivity index (χ1) is 13.9. The highest BCUT2D eigenvalue weighted by molar-refractivity contribution is 7.87. The van der Waals surface area contributed by atoms with Gasteiger partial charge in [0, 0.05) is 0 Å². The third-order valence-corrected chi connectivity index (χ3v) is 7.88. The van der Waals surface area contributed by atoms with E-state index >= 15 is 0 Å². The van der Waals surface area contributed by atoms with Crippen LogP contribution in [-0.2, 0) is 24.4 Å². The van der Waals surface area contributed by atoms with E-state index in [1.54, 1.807) is 0 Å². The molecule has 4 unspecified atom stereocenters. The Morgan fingerprint density at radius 3 is 2.26 bits per heavy atom. The Balaban J connectivity index is 1.71. The summed E-state index contributed by atoms with van der Waals surface area (Å²) in [6.07, 6.45) is 3.14. The lowest BCUT2D eigenvalue weighted by Crippen LogP contribution is -2.58.